The zero-order valence-corrected chi connectivity index (χ0v) is 16.1. The summed E-state index contributed by atoms with van der Waals surface area (Å²) in [6, 6.07) is 10.8. The Balaban J connectivity index is 1.90. The minimum atomic E-state index is 0.483. The molecule has 0 unspecified atom stereocenters. The number of fused-ring (bicyclic) bond motifs is 1. The van der Waals surface area contributed by atoms with Gasteiger partial charge in [-0.2, -0.15) is 9.61 Å². The summed E-state index contributed by atoms with van der Waals surface area (Å²) < 4.78 is 12.6. The number of benzene rings is 2. The van der Waals surface area contributed by atoms with E-state index >= 15 is 0 Å². The molecule has 0 spiro atoms. The first kappa shape index (κ1) is 17.1. The fourth-order valence-electron chi connectivity index (χ4n) is 2.62. The summed E-state index contributed by atoms with van der Waals surface area (Å²) in [4.78, 5) is 0.633. The number of hydrogen-bond acceptors (Lipinski definition) is 6. The van der Waals surface area contributed by atoms with E-state index in [0.717, 1.165) is 5.56 Å². The van der Waals surface area contributed by atoms with Gasteiger partial charge in [0.1, 0.15) is 11.5 Å². The normalized spacial score (nSPS) is 11.1. The topological polar surface area (TPSA) is 61.5 Å². The molecule has 9 heteroatoms. The van der Waals surface area contributed by atoms with Crippen LogP contribution in [-0.2, 0) is 0 Å². The summed E-state index contributed by atoms with van der Waals surface area (Å²) in [5, 5.41) is 14.8. The zero-order chi connectivity index (χ0) is 18.3. The van der Waals surface area contributed by atoms with E-state index in [1.54, 1.807) is 36.9 Å². The zero-order valence-electron chi connectivity index (χ0n) is 13.7. The van der Waals surface area contributed by atoms with Crippen LogP contribution < -0.4 is 9.47 Å². The average molecular weight is 407 g/mol. The Morgan fingerprint density at radius 3 is 2.38 bits per heavy atom. The Labute approximate surface area is 162 Å². The first-order valence-electron chi connectivity index (χ1n) is 7.51. The van der Waals surface area contributed by atoms with Crippen LogP contribution in [0.3, 0.4) is 0 Å². The molecule has 0 aliphatic carbocycles. The molecule has 2 heterocycles. The molecule has 0 fully saturated rings. The highest BCUT2D eigenvalue weighted by Crippen LogP contribution is 2.41. The number of rotatable bonds is 4. The number of methoxy groups -OCH3 is 2. The van der Waals surface area contributed by atoms with Crippen molar-refractivity contribution in [3.63, 3.8) is 0 Å². The van der Waals surface area contributed by atoms with Crippen molar-refractivity contribution < 1.29 is 9.47 Å². The van der Waals surface area contributed by atoms with Gasteiger partial charge < -0.3 is 9.47 Å². The van der Waals surface area contributed by atoms with Crippen LogP contribution in [0, 0.1) is 0 Å². The maximum atomic E-state index is 6.31. The Bertz CT molecular complexity index is 1090. The lowest BCUT2D eigenvalue weighted by atomic mass is 10.2. The molecule has 4 aromatic rings. The molecule has 0 bridgehead atoms. The van der Waals surface area contributed by atoms with Gasteiger partial charge in [0.25, 0.3) is 0 Å². The van der Waals surface area contributed by atoms with E-state index in [9.17, 15) is 0 Å². The lowest BCUT2D eigenvalue weighted by molar-refractivity contribution is 0.397. The van der Waals surface area contributed by atoms with Crippen LogP contribution in [0.15, 0.2) is 36.4 Å². The van der Waals surface area contributed by atoms with Crippen molar-refractivity contribution >= 4 is 39.5 Å². The van der Waals surface area contributed by atoms with Crippen molar-refractivity contribution in [2.75, 3.05) is 14.2 Å². The molecule has 0 amide bonds. The monoisotopic (exact) mass is 406 g/mol. The van der Waals surface area contributed by atoms with Gasteiger partial charge in [0.05, 0.1) is 24.8 Å². The maximum absolute atomic E-state index is 6.31. The molecule has 0 saturated carbocycles. The lowest BCUT2D eigenvalue weighted by Crippen LogP contribution is -1.95. The van der Waals surface area contributed by atoms with Crippen LogP contribution in [-0.4, -0.2) is 34.0 Å². The van der Waals surface area contributed by atoms with E-state index in [1.165, 1.54) is 11.3 Å². The molecule has 4 rings (SSSR count). The molecule has 0 radical (unpaired) electrons. The second-order valence-electron chi connectivity index (χ2n) is 5.29. The highest BCUT2D eigenvalue weighted by molar-refractivity contribution is 7.19. The van der Waals surface area contributed by atoms with E-state index in [0.29, 0.717) is 42.9 Å². The summed E-state index contributed by atoms with van der Waals surface area (Å²) in [6.45, 7) is 0. The van der Waals surface area contributed by atoms with E-state index < -0.39 is 0 Å². The average Bonchev–Trinajstić information content (AvgIpc) is 3.22. The third-order valence-electron chi connectivity index (χ3n) is 3.80. The quantitative estimate of drug-likeness (QED) is 0.484. The van der Waals surface area contributed by atoms with Crippen molar-refractivity contribution in [1.29, 1.82) is 0 Å². The van der Waals surface area contributed by atoms with Crippen LogP contribution in [0.4, 0.5) is 0 Å². The highest BCUT2D eigenvalue weighted by Gasteiger charge is 2.21. The van der Waals surface area contributed by atoms with Crippen molar-refractivity contribution in [2.24, 2.45) is 0 Å². The van der Waals surface area contributed by atoms with Crippen molar-refractivity contribution in [3.8, 4) is 33.5 Å². The van der Waals surface area contributed by atoms with Crippen LogP contribution >= 0.6 is 34.5 Å². The van der Waals surface area contributed by atoms with E-state index in [-0.39, 0.29) is 0 Å². The third-order valence-corrected chi connectivity index (χ3v) is 5.27. The van der Waals surface area contributed by atoms with Gasteiger partial charge in [-0.1, -0.05) is 40.6 Å². The summed E-state index contributed by atoms with van der Waals surface area (Å²) in [6.07, 6.45) is 0. The van der Waals surface area contributed by atoms with Gasteiger partial charge in [0, 0.05) is 10.6 Å². The second-order valence-corrected chi connectivity index (χ2v) is 7.09. The van der Waals surface area contributed by atoms with Gasteiger partial charge in [-0.25, -0.2) is 0 Å². The smallest absolute Gasteiger partial charge is 0.235 e. The van der Waals surface area contributed by atoms with Gasteiger partial charge in [0.2, 0.25) is 4.96 Å². The Morgan fingerprint density at radius 2 is 1.73 bits per heavy atom. The summed E-state index contributed by atoms with van der Waals surface area (Å²) in [7, 11) is 3.22. The number of hydrogen-bond donors (Lipinski definition) is 0. The predicted octanol–water partition coefficient (Wildman–Crippen LogP) is 4.84. The number of halogens is 2. The fraction of sp³-hybridized carbons (Fsp3) is 0.118. The molecule has 0 N–H and O–H groups in total. The molecule has 0 saturated heterocycles. The molecular weight excluding hydrogens is 395 g/mol. The number of ether oxygens (including phenoxy) is 2. The Kier molecular flexibility index (Phi) is 4.44. The van der Waals surface area contributed by atoms with Crippen molar-refractivity contribution in [3.05, 3.63) is 46.4 Å². The lowest BCUT2D eigenvalue weighted by Gasteiger charge is -2.10. The first-order chi connectivity index (χ1) is 12.6. The summed E-state index contributed by atoms with van der Waals surface area (Å²) in [5.74, 6) is 1.87. The second kappa shape index (κ2) is 6.75. The standard InChI is InChI=1S/C17H12Cl2N4O2S/c1-24-12-4-3-5-13(25-2)14(12)16-22-23-15(20-21-17(23)26-16)10-7-6-9(18)8-11(10)19/h3-8H,1-2H3. The highest BCUT2D eigenvalue weighted by atomic mass is 35.5. The molecule has 26 heavy (non-hydrogen) atoms. The fourth-order valence-corrected chi connectivity index (χ4v) is 4.01. The molecule has 2 aromatic carbocycles. The van der Waals surface area contributed by atoms with Crippen molar-refractivity contribution in [2.45, 2.75) is 0 Å². The van der Waals surface area contributed by atoms with Crippen LogP contribution in [0.1, 0.15) is 0 Å². The molecule has 0 atom stereocenters. The molecule has 0 aliphatic rings. The first-order valence-corrected chi connectivity index (χ1v) is 9.08. The number of nitrogens with zero attached hydrogens (tertiary/aromatic N) is 4. The predicted molar refractivity (Wildman–Crippen MR) is 103 cm³/mol. The summed E-state index contributed by atoms with van der Waals surface area (Å²) >= 11 is 13.7. The molecular formula is C17H12Cl2N4O2S. The van der Waals surface area contributed by atoms with Crippen molar-refractivity contribution in [1.82, 2.24) is 19.8 Å². The third kappa shape index (κ3) is 2.78. The molecule has 2 aromatic heterocycles. The van der Waals surface area contributed by atoms with E-state index in [1.807, 2.05) is 18.2 Å². The van der Waals surface area contributed by atoms with Crippen LogP contribution in [0.5, 0.6) is 11.5 Å². The molecule has 132 valence electrons. The van der Waals surface area contributed by atoms with Gasteiger partial charge in [0.15, 0.2) is 10.8 Å². The van der Waals surface area contributed by atoms with Crippen LogP contribution in [0.25, 0.3) is 26.9 Å². The van der Waals surface area contributed by atoms with Gasteiger partial charge in [-0.05, 0) is 30.3 Å². The minimum absolute atomic E-state index is 0.483. The van der Waals surface area contributed by atoms with E-state index in [2.05, 4.69) is 15.3 Å². The largest absolute Gasteiger partial charge is 0.496 e. The Hall–Kier alpha value is -2.35. The maximum Gasteiger partial charge on any atom is 0.235 e. The summed E-state index contributed by atoms with van der Waals surface area (Å²) in [5.41, 5.74) is 1.47. The SMILES string of the molecule is COc1cccc(OC)c1-c1nn2c(-c3ccc(Cl)cc3Cl)nnc2s1. The van der Waals surface area contributed by atoms with E-state index in [4.69, 9.17) is 32.7 Å². The molecule has 6 nitrogen and oxygen atoms in total. The van der Waals surface area contributed by atoms with Gasteiger partial charge in [-0.3, -0.25) is 0 Å². The minimum Gasteiger partial charge on any atom is -0.496 e. The molecule has 0 aliphatic heterocycles. The van der Waals surface area contributed by atoms with Crippen LogP contribution in [0.2, 0.25) is 10.0 Å². The number of aromatic nitrogens is 4. The Morgan fingerprint density at radius 1 is 1.00 bits per heavy atom. The van der Waals surface area contributed by atoms with Gasteiger partial charge in [-0.15, -0.1) is 10.2 Å². The van der Waals surface area contributed by atoms with Gasteiger partial charge >= 0.3 is 0 Å².